The lowest BCUT2D eigenvalue weighted by Crippen LogP contribution is -2.40. The van der Waals surface area contributed by atoms with E-state index in [9.17, 15) is 9.59 Å². The van der Waals surface area contributed by atoms with Crippen LogP contribution in [0.3, 0.4) is 0 Å². The zero-order valence-electron chi connectivity index (χ0n) is 10.3. The number of hydrogen-bond acceptors (Lipinski definition) is 2. The van der Waals surface area contributed by atoms with E-state index in [1.165, 1.54) is 0 Å². The van der Waals surface area contributed by atoms with Crippen LogP contribution in [0.5, 0.6) is 0 Å². The standard InChI is InChI=1S/C13H21NO3/c1-2-3-6-9-14-12(15)10-7-4-5-8-11(10)13(16)17/h2-3,10-11H,4-9H2,1H3,(H,14,15)(H,16,17)/b3-2+. The van der Waals surface area contributed by atoms with Crippen molar-refractivity contribution in [1.29, 1.82) is 0 Å². The highest BCUT2D eigenvalue weighted by Crippen LogP contribution is 2.30. The minimum atomic E-state index is -0.835. The van der Waals surface area contributed by atoms with Crippen molar-refractivity contribution in [3.8, 4) is 0 Å². The average molecular weight is 239 g/mol. The van der Waals surface area contributed by atoms with Crippen LogP contribution >= 0.6 is 0 Å². The molecule has 0 aromatic rings. The summed E-state index contributed by atoms with van der Waals surface area (Å²) in [4.78, 5) is 22.9. The molecule has 2 unspecified atom stereocenters. The number of aliphatic carboxylic acids is 1. The summed E-state index contributed by atoms with van der Waals surface area (Å²) in [6, 6.07) is 0. The fourth-order valence-corrected chi connectivity index (χ4v) is 2.32. The molecule has 4 heteroatoms. The Hall–Kier alpha value is -1.32. The highest BCUT2D eigenvalue weighted by Gasteiger charge is 2.35. The molecule has 0 aliphatic heterocycles. The molecule has 0 aromatic heterocycles. The van der Waals surface area contributed by atoms with E-state index in [0.717, 1.165) is 19.3 Å². The first-order valence-corrected chi connectivity index (χ1v) is 6.28. The molecule has 2 N–H and O–H groups in total. The van der Waals surface area contributed by atoms with Gasteiger partial charge >= 0.3 is 5.97 Å². The molecule has 17 heavy (non-hydrogen) atoms. The summed E-state index contributed by atoms with van der Waals surface area (Å²) in [6.07, 6.45) is 7.92. The number of amides is 1. The quantitative estimate of drug-likeness (QED) is 0.569. The number of allylic oxidation sites excluding steroid dienone is 1. The number of carbonyl (C=O) groups excluding carboxylic acids is 1. The number of rotatable bonds is 5. The van der Waals surface area contributed by atoms with Crippen molar-refractivity contribution in [2.45, 2.75) is 39.0 Å². The van der Waals surface area contributed by atoms with Crippen molar-refractivity contribution in [2.24, 2.45) is 11.8 Å². The van der Waals surface area contributed by atoms with E-state index in [4.69, 9.17) is 5.11 Å². The second-order valence-corrected chi connectivity index (χ2v) is 4.48. The van der Waals surface area contributed by atoms with E-state index in [1.807, 2.05) is 19.1 Å². The van der Waals surface area contributed by atoms with E-state index in [2.05, 4.69) is 5.32 Å². The molecule has 0 radical (unpaired) electrons. The Morgan fingerprint density at radius 3 is 2.53 bits per heavy atom. The van der Waals surface area contributed by atoms with Crippen molar-refractivity contribution < 1.29 is 14.7 Å². The van der Waals surface area contributed by atoms with Gasteiger partial charge in [0, 0.05) is 6.54 Å². The maximum atomic E-state index is 11.9. The molecule has 1 fully saturated rings. The highest BCUT2D eigenvalue weighted by atomic mass is 16.4. The van der Waals surface area contributed by atoms with Crippen molar-refractivity contribution in [3.05, 3.63) is 12.2 Å². The van der Waals surface area contributed by atoms with Gasteiger partial charge in [-0.2, -0.15) is 0 Å². The van der Waals surface area contributed by atoms with Crippen LogP contribution in [-0.4, -0.2) is 23.5 Å². The Labute approximate surface area is 102 Å². The zero-order chi connectivity index (χ0) is 12.7. The molecular formula is C13H21NO3. The van der Waals surface area contributed by atoms with Gasteiger partial charge < -0.3 is 10.4 Å². The molecule has 1 aliphatic rings. The van der Waals surface area contributed by atoms with Gasteiger partial charge in [-0.15, -0.1) is 0 Å². The summed E-state index contributed by atoms with van der Waals surface area (Å²) in [7, 11) is 0. The molecular weight excluding hydrogens is 218 g/mol. The molecule has 96 valence electrons. The van der Waals surface area contributed by atoms with Gasteiger partial charge in [-0.25, -0.2) is 0 Å². The maximum absolute atomic E-state index is 11.9. The topological polar surface area (TPSA) is 66.4 Å². The fraction of sp³-hybridized carbons (Fsp3) is 0.692. The Morgan fingerprint density at radius 1 is 1.29 bits per heavy atom. The molecule has 0 spiro atoms. The van der Waals surface area contributed by atoms with Crippen LogP contribution in [0.15, 0.2) is 12.2 Å². The van der Waals surface area contributed by atoms with Crippen LogP contribution in [-0.2, 0) is 9.59 Å². The lowest BCUT2D eigenvalue weighted by molar-refractivity contribution is -0.148. The molecule has 1 amide bonds. The summed E-state index contributed by atoms with van der Waals surface area (Å²) in [5, 5.41) is 11.9. The molecule has 0 aromatic carbocycles. The normalized spacial score (nSPS) is 24.8. The van der Waals surface area contributed by atoms with E-state index in [0.29, 0.717) is 19.4 Å². The first kappa shape index (κ1) is 13.7. The third-order valence-corrected chi connectivity index (χ3v) is 3.27. The lowest BCUT2D eigenvalue weighted by atomic mass is 9.79. The van der Waals surface area contributed by atoms with Crippen molar-refractivity contribution in [1.82, 2.24) is 5.32 Å². The monoisotopic (exact) mass is 239 g/mol. The third kappa shape index (κ3) is 4.21. The predicted octanol–water partition coefficient (Wildman–Crippen LogP) is 1.96. The maximum Gasteiger partial charge on any atom is 0.307 e. The largest absolute Gasteiger partial charge is 0.481 e. The minimum absolute atomic E-state index is 0.0957. The lowest BCUT2D eigenvalue weighted by Gasteiger charge is -2.27. The Bertz CT molecular complexity index is 299. The van der Waals surface area contributed by atoms with Crippen LogP contribution in [0.25, 0.3) is 0 Å². The summed E-state index contributed by atoms with van der Waals surface area (Å²) >= 11 is 0. The SMILES string of the molecule is C/C=C/CCNC(=O)C1CCCCC1C(=O)O. The van der Waals surface area contributed by atoms with Crippen molar-refractivity contribution in [2.75, 3.05) is 6.54 Å². The second-order valence-electron chi connectivity index (χ2n) is 4.48. The summed E-state index contributed by atoms with van der Waals surface area (Å²) in [6.45, 7) is 2.52. The van der Waals surface area contributed by atoms with Gasteiger partial charge in [-0.1, -0.05) is 25.0 Å². The number of carboxylic acids is 1. The molecule has 2 atom stereocenters. The first-order valence-electron chi connectivity index (χ1n) is 6.28. The summed E-state index contributed by atoms with van der Waals surface area (Å²) < 4.78 is 0. The Kier molecular flexibility index (Phi) is 5.73. The van der Waals surface area contributed by atoms with Gasteiger partial charge in [0.25, 0.3) is 0 Å². The second kappa shape index (κ2) is 7.09. The van der Waals surface area contributed by atoms with Crippen molar-refractivity contribution >= 4 is 11.9 Å². The third-order valence-electron chi connectivity index (χ3n) is 3.27. The zero-order valence-corrected chi connectivity index (χ0v) is 10.3. The molecule has 1 rings (SSSR count). The first-order chi connectivity index (χ1) is 8.16. The van der Waals surface area contributed by atoms with E-state index in [1.54, 1.807) is 0 Å². The van der Waals surface area contributed by atoms with Gasteiger partial charge in [0.2, 0.25) is 5.91 Å². The fourth-order valence-electron chi connectivity index (χ4n) is 2.32. The van der Waals surface area contributed by atoms with Crippen LogP contribution in [0, 0.1) is 11.8 Å². The van der Waals surface area contributed by atoms with Gasteiger partial charge in [-0.3, -0.25) is 9.59 Å². The molecule has 0 heterocycles. The van der Waals surface area contributed by atoms with Crippen LogP contribution in [0.4, 0.5) is 0 Å². The summed E-state index contributed by atoms with van der Waals surface area (Å²) in [5.74, 6) is -1.77. The molecule has 0 saturated heterocycles. The predicted molar refractivity (Wildman–Crippen MR) is 65.5 cm³/mol. The van der Waals surface area contributed by atoms with Gasteiger partial charge in [0.15, 0.2) is 0 Å². The van der Waals surface area contributed by atoms with Crippen LogP contribution in [0.2, 0.25) is 0 Å². The number of carbonyl (C=O) groups is 2. The van der Waals surface area contributed by atoms with Crippen LogP contribution in [0.1, 0.15) is 39.0 Å². The van der Waals surface area contributed by atoms with Gasteiger partial charge in [0.1, 0.15) is 0 Å². The van der Waals surface area contributed by atoms with Gasteiger partial charge in [-0.05, 0) is 26.2 Å². The van der Waals surface area contributed by atoms with Crippen LogP contribution < -0.4 is 5.32 Å². The molecule has 1 aliphatic carbocycles. The smallest absolute Gasteiger partial charge is 0.307 e. The average Bonchev–Trinajstić information content (AvgIpc) is 2.34. The van der Waals surface area contributed by atoms with E-state index < -0.39 is 11.9 Å². The number of nitrogens with one attached hydrogen (secondary N) is 1. The highest BCUT2D eigenvalue weighted by molar-refractivity contribution is 5.84. The van der Waals surface area contributed by atoms with Gasteiger partial charge in [0.05, 0.1) is 11.8 Å². The number of hydrogen-bond donors (Lipinski definition) is 2. The molecule has 4 nitrogen and oxygen atoms in total. The number of carboxylic acid groups (broad SMARTS) is 1. The minimum Gasteiger partial charge on any atom is -0.481 e. The van der Waals surface area contributed by atoms with Crippen molar-refractivity contribution in [3.63, 3.8) is 0 Å². The summed E-state index contributed by atoms with van der Waals surface area (Å²) in [5.41, 5.74) is 0. The Balaban J connectivity index is 2.44. The molecule has 1 saturated carbocycles. The molecule has 0 bridgehead atoms. The van der Waals surface area contributed by atoms with E-state index in [-0.39, 0.29) is 11.8 Å². The van der Waals surface area contributed by atoms with E-state index >= 15 is 0 Å². The Morgan fingerprint density at radius 2 is 1.94 bits per heavy atom.